The zero-order valence-corrected chi connectivity index (χ0v) is 14.3. The van der Waals surface area contributed by atoms with Gasteiger partial charge in [-0.15, -0.1) is 0 Å². The molecule has 128 valence electrons. The second kappa shape index (κ2) is 7.90. The van der Waals surface area contributed by atoms with Crippen LogP contribution in [0.2, 0.25) is 0 Å². The first-order valence-electron chi connectivity index (χ1n) is 8.52. The van der Waals surface area contributed by atoms with Gasteiger partial charge in [-0.05, 0) is 67.7 Å². The molecule has 0 spiro atoms. The van der Waals surface area contributed by atoms with Crippen LogP contribution in [0, 0.1) is 0 Å². The van der Waals surface area contributed by atoms with Gasteiger partial charge in [0.1, 0.15) is 5.75 Å². The van der Waals surface area contributed by atoms with Gasteiger partial charge in [-0.1, -0.05) is 24.3 Å². The Balaban J connectivity index is 1.74. The Morgan fingerprint density at radius 3 is 2.56 bits per heavy atom. The van der Waals surface area contributed by atoms with Crippen LogP contribution in [-0.2, 0) is 0 Å². The molecular weight excluding hydrogens is 312 g/mol. The third kappa shape index (κ3) is 4.64. The number of fused-ring (bicyclic) bond motifs is 1. The van der Waals surface area contributed by atoms with Crippen molar-refractivity contribution in [1.29, 1.82) is 0 Å². The fourth-order valence-electron chi connectivity index (χ4n) is 2.67. The van der Waals surface area contributed by atoms with E-state index < -0.39 is 0 Å². The summed E-state index contributed by atoms with van der Waals surface area (Å²) in [5, 5.41) is 18.6. The number of aromatic nitrogens is 2. The van der Waals surface area contributed by atoms with Crippen LogP contribution in [0.4, 0.5) is 0 Å². The zero-order chi connectivity index (χ0) is 17.6. The van der Waals surface area contributed by atoms with E-state index in [1.165, 1.54) is 0 Å². The molecule has 1 unspecified atom stereocenters. The van der Waals surface area contributed by atoms with Gasteiger partial charge in [0.25, 0.3) is 0 Å². The summed E-state index contributed by atoms with van der Waals surface area (Å²) < 4.78 is 0. The first kappa shape index (κ1) is 17.1. The summed E-state index contributed by atoms with van der Waals surface area (Å²) in [4.78, 5) is 9.13. The Bertz CT molecular complexity index is 871. The van der Waals surface area contributed by atoms with Gasteiger partial charge < -0.3 is 10.2 Å². The van der Waals surface area contributed by atoms with Crippen LogP contribution in [0.25, 0.3) is 28.2 Å². The molecule has 0 saturated heterocycles. The summed E-state index contributed by atoms with van der Waals surface area (Å²) in [5.74, 6) is 0.259. The number of aromatic hydroxyl groups is 1. The molecule has 3 rings (SSSR count). The van der Waals surface area contributed by atoms with E-state index in [-0.39, 0.29) is 11.9 Å². The van der Waals surface area contributed by atoms with Crippen molar-refractivity contribution in [3.8, 4) is 16.9 Å². The van der Waals surface area contributed by atoms with Crippen LogP contribution in [0.1, 0.15) is 31.9 Å². The summed E-state index contributed by atoms with van der Waals surface area (Å²) in [7, 11) is 0. The Morgan fingerprint density at radius 2 is 1.80 bits per heavy atom. The molecule has 0 bridgehead atoms. The Labute approximate surface area is 147 Å². The van der Waals surface area contributed by atoms with E-state index in [4.69, 9.17) is 0 Å². The first-order chi connectivity index (χ1) is 12.1. The van der Waals surface area contributed by atoms with Gasteiger partial charge in [-0.3, -0.25) is 4.98 Å². The molecule has 1 heterocycles. The Hall–Kier alpha value is -2.72. The highest BCUT2D eigenvalue weighted by Crippen LogP contribution is 2.24. The van der Waals surface area contributed by atoms with Gasteiger partial charge in [-0.25, -0.2) is 4.98 Å². The fraction of sp³-hybridized carbons (Fsp3) is 0.238. The quantitative estimate of drug-likeness (QED) is 0.648. The van der Waals surface area contributed by atoms with Crippen LogP contribution in [0.15, 0.2) is 54.7 Å². The zero-order valence-electron chi connectivity index (χ0n) is 14.3. The topological polar surface area (TPSA) is 66.2 Å². The molecule has 0 radical (unpaired) electrons. The predicted molar refractivity (Wildman–Crippen MR) is 101 cm³/mol. The molecule has 0 aliphatic heterocycles. The number of aliphatic hydroxyl groups is 1. The number of hydrogen-bond acceptors (Lipinski definition) is 4. The summed E-state index contributed by atoms with van der Waals surface area (Å²) in [6.07, 6.45) is 8.28. The number of allylic oxidation sites excluding steroid dienone is 1. The average molecular weight is 334 g/mol. The van der Waals surface area contributed by atoms with Crippen molar-refractivity contribution in [2.24, 2.45) is 0 Å². The minimum atomic E-state index is -0.239. The predicted octanol–water partition coefficient (Wildman–Crippen LogP) is 4.57. The van der Waals surface area contributed by atoms with E-state index in [2.05, 4.69) is 16.0 Å². The normalized spacial score (nSPS) is 12.7. The van der Waals surface area contributed by atoms with E-state index in [1.807, 2.05) is 43.3 Å². The van der Waals surface area contributed by atoms with Crippen LogP contribution < -0.4 is 0 Å². The molecule has 1 aromatic heterocycles. The summed E-state index contributed by atoms with van der Waals surface area (Å²) in [5.41, 5.74) is 4.61. The Kier molecular flexibility index (Phi) is 5.41. The van der Waals surface area contributed by atoms with E-state index >= 15 is 0 Å². The van der Waals surface area contributed by atoms with Crippen molar-refractivity contribution < 1.29 is 10.2 Å². The molecule has 4 nitrogen and oxygen atoms in total. The standard InChI is InChI=1S/C21H22N2O2/c1-15(24)5-3-2-4-6-18-14-22-21-13-17(9-12-20(21)23-18)16-7-10-19(25)11-8-16/h4,6-15,24-25H,2-3,5H2,1H3. The SMILES string of the molecule is CC(O)CCCC=Cc1cnc2cc(-c3ccc(O)cc3)ccc2n1. The molecule has 0 aliphatic rings. The highest BCUT2D eigenvalue weighted by Gasteiger charge is 2.03. The Morgan fingerprint density at radius 1 is 1.04 bits per heavy atom. The molecule has 0 fully saturated rings. The van der Waals surface area contributed by atoms with Crippen LogP contribution in [0.3, 0.4) is 0 Å². The van der Waals surface area contributed by atoms with Gasteiger partial charge in [0.05, 0.1) is 29.0 Å². The lowest BCUT2D eigenvalue weighted by Crippen LogP contribution is -1.97. The second-order valence-corrected chi connectivity index (χ2v) is 6.23. The van der Waals surface area contributed by atoms with E-state index in [1.54, 1.807) is 18.3 Å². The maximum atomic E-state index is 9.40. The van der Waals surface area contributed by atoms with Crippen molar-refractivity contribution in [2.75, 3.05) is 0 Å². The molecule has 1 atom stereocenters. The molecular formula is C21H22N2O2. The summed E-state index contributed by atoms with van der Waals surface area (Å²) in [6.45, 7) is 1.81. The molecule has 2 N–H and O–H groups in total. The lowest BCUT2D eigenvalue weighted by Gasteiger charge is -2.04. The molecule has 0 amide bonds. The first-order valence-corrected chi connectivity index (χ1v) is 8.52. The number of phenolic OH excluding ortho intramolecular Hbond substituents is 1. The monoisotopic (exact) mass is 334 g/mol. The van der Waals surface area contributed by atoms with Gasteiger partial charge in [0, 0.05) is 0 Å². The van der Waals surface area contributed by atoms with Crippen LogP contribution in [-0.4, -0.2) is 26.3 Å². The number of benzene rings is 2. The molecule has 0 saturated carbocycles. The molecule has 0 aliphatic carbocycles. The van der Waals surface area contributed by atoms with E-state index in [0.29, 0.717) is 0 Å². The number of rotatable bonds is 6. The van der Waals surface area contributed by atoms with Crippen LogP contribution >= 0.6 is 0 Å². The molecule has 4 heteroatoms. The highest BCUT2D eigenvalue weighted by atomic mass is 16.3. The fourth-order valence-corrected chi connectivity index (χ4v) is 2.67. The van der Waals surface area contributed by atoms with Crippen molar-refractivity contribution in [3.63, 3.8) is 0 Å². The number of unbranched alkanes of at least 4 members (excludes halogenated alkanes) is 1. The maximum absolute atomic E-state index is 9.40. The molecule has 2 aromatic carbocycles. The number of nitrogens with zero attached hydrogens (tertiary/aromatic N) is 2. The summed E-state index contributed by atoms with van der Waals surface area (Å²) in [6, 6.07) is 13.1. The number of phenols is 1. The van der Waals surface area contributed by atoms with Crippen molar-refractivity contribution in [3.05, 3.63) is 60.4 Å². The van der Waals surface area contributed by atoms with Gasteiger partial charge >= 0.3 is 0 Å². The third-order valence-electron chi connectivity index (χ3n) is 4.04. The van der Waals surface area contributed by atoms with E-state index in [9.17, 15) is 10.2 Å². The lowest BCUT2D eigenvalue weighted by molar-refractivity contribution is 0.182. The largest absolute Gasteiger partial charge is 0.508 e. The van der Waals surface area contributed by atoms with Crippen molar-refractivity contribution >= 4 is 17.1 Å². The highest BCUT2D eigenvalue weighted by molar-refractivity contribution is 5.81. The van der Waals surface area contributed by atoms with Crippen molar-refractivity contribution in [2.45, 2.75) is 32.3 Å². The van der Waals surface area contributed by atoms with Crippen LogP contribution in [0.5, 0.6) is 5.75 Å². The lowest BCUT2D eigenvalue weighted by atomic mass is 10.0. The van der Waals surface area contributed by atoms with Gasteiger partial charge in [0.15, 0.2) is 0 Å². The minimum Gasteiger partial charge on any atom is -0.508 e. The van der Waals surface area contributed by atoms with E-state index in [0.717, 1.165) is 47.1 Å². The summed E-state index contributed by atoms with van der Waals surface area (Å²) >= 11 is 0. The van der Waals surface area contributed by atoms with Gasteiger partial charge in [0.2, 0.25) is 0 Å². The maximum Gasteiger partial charge on any atom is 0.115 e. The third-order valence-corrected chi connectivity index (χ3v) is 4.04. The molecule has 25 heavy (non-hydrogen) atoms. The van der Waals surface area contributed by atoms with Gasteiger partial charge in [-0.2, -0.15) is 0 Å². The number of aliphatic hydroxyl groups excluding tert-OH is 1. The average Bonchev–Trinajstić information content (AvgIpc) is 2.61. The second-order valence-electron chi connectivity index (χ2n) is 6.23. The smallest absolute Gasteiger partial charge is 0.115 e. The van der Waals surface area contributed by atoms with Crippen molar-refractivity contribution in [1.82, 2.24) is 9.97 Å². The molecule has 3 aromatic rings. The number of hydrogen-bond donors (Lipinski definition) is 2. The minimum absolute atomic E-state index is 0.239.